The van der Waals surface area contributed by atoms with Crippen molar-refractivity contribution in [3.8, 4) is 0 Å². The van der Waals surface area contributed by atoms with Gasteiger partial charge in [0.1, 0.15) is 5.82 Å². The topological polar surface area (TPSA) is 64.3 Å². The molecule has 0 aliphatic carbocycles. The number of hydrogen-bond acceptors (Lipinski definition) is 4. The number of nitrogens with one attached hydrogen (secondary N) is 2. The monoisotopic (exact) mass is 345 g/mol. The molecule has 7 heteroatoms. The quantitative estimate of drug-likeness (QED) is 0.893. The smallest absolute Gasteiger partial charge is 0.241 e. The first kappa shape index (κ1) is 17.4. The lowest BCUT2D eigenvalue weighted by Gasteiger charge is -2.38. The van der Waals surface area contributed by atoms with Crippen LogP contribution in [0.4, 0.5) is 15.8 Å². The van der Waals surface area contributed by atoms with Gasteiger partial charge in [-0.1, -0.05) is 0 Å². The second kappa shape index (κ2) is 7.23. The lowest BCUT2D eigenvalue weighted by molar-refractivity contribution is -0.120. The SMILES string of the molecule is Cc1n[nH]c(C)c1NC(=O)[C@H](C)N1CCN(c2ccc(F)cc2)CC1. The van der Waals surface area contributed by atoms with Crippen LogP contribution in [0.25, 0.3) is 0 Å². The first-order chi connectivity index (χ1) is 12.0. The molecular formula is C18H24FN5O. The Morgan fingerprint density at radius 2 is 1.84 bits per heavy atom. The van der Waals surface area contributed by atoms with Gasteiger partial charge in [0.05, 0.1) is 23.1 Å². The molecule has 6 nitrogen and oxygen atoms in total. The number of aromatic nitrogens is 2. The molecule has 2 N–H and O–H groups in total. The molecule has 1 aromatic heterocycles. The van der Waals surface area contributed by atoms with Gasteiger partial charge in [0, 0.05) is 31.9 Å². The molecule has 2 heterocycles. The van der Waals surface area contributed by atoms with E-state index < -0.39 is 0 Å². The number of aryl methyl sites for hydroxylation is 2. The summed E-state index contributed by atoms with van der Waals surface area (Å²) >= 11 is 0. The Morgan fingerprint density at radius 1 is 1.20 bits per heavy atom. The number of halogens is 1. The van der Waals surface area contributed by atoms with Gasteiger partial charge in [-0.25, -0.2) is 4.39 Å². The molecular weight excluding hydrogens is 321 g/mol. The number of amides is 1. The van der Waals surface area contributed by atoms with E-state index in [9.17, 15) is 9.18 Å². The van der Waals surface area contributed by atoms with Gasteiger partial charge in [-0.3, -0.25) is 14.8 Å². The van der Waals surface area contributed by atoms with Crippen molar-refractivity contribution in [3.05, 3.63) is 41.5 Å². The zero-order valence-corrected chi connectivity index (χ0v) is 14.8. The second-order valence-electron chi connectivity index (χ2n) is 6.47. The van der Waals surface area contributed by atoms with E-state index in [-0.39, 0.29) is 17.8 Å². The third-order valence-electron chi connectivity index (χ3n) is 4.81. The molecule has 3 rings (SSSR count). The molecule has 1 aliphatic rings. The van der Waals surface area contributed by atoms with Crippen LogP contribution in [-0.2, 0) is 4.79 Å². The zero-order chi connectivity index (χ0) is 18.0. The average Bonchev–Trinajstić information content (AvgIpc) is 2.94. The summed E-state index contributed by atoms with van der Waals surface area (Å²) < 4.78 is 13.0. The van der Waals surface area contributed by atoms with Crippen molar-refractivity contribution in [2.45, 2.75) is 26.8 Å². The number of benzene rings is 1. The number of anilines is 2. The molecule has 1 atom stereocenters. The van der Waals surface area contributed by atoms with Crippen LogP contribution in [0.2, 0.25) is 0 Å². The summed E-state index contributed by atoms with van der Waals surface area (Å²) in [6, 6.07) is 6.34. The van der Waals surface area contributed by atoms with Crippen molar-refractivity contribution in [1.82, 2.24) is 15.1 Å². The van der Waals surface area contributed by atoms with E-state index in [1.165, 1.54) is 12.1 Å². The van der Waals surface area contributed by atoms with Gasteiger partial charge >= 0.3 is 0 Å². The van der Waals surface area contributed by atoms with E-state index in [0.717, 1.165) is 48.9 Å². The van der Waals surface area contributed by atoms with Crippen molar-refractivity contribution >= 4 is 17.3 Å². The number of H-pyrrole nitrogens is 1. The normalized spacial score (nSPS) is 16.7. The highest BCUT2D eigenvalue weighted by Crippen LogP contribution is 2.20. The maximum absolute atomic E-state index is 13.0. The lowest BCUT2D eigenvalue weighted by Crippen LogP contribution is -2.52. The maximum Gasteiger partial charge on any atom is 0.241 e. The minimum Gasteiger partial charge on any atom is -0.369 e. The second-order valence-corrected chi connectivity index (χ2v) is 6.47. The highest BCUT2D eigenvalue weighted by atomic mass is 19.1. The number of hydrogen-bond donors (Lipinski definition) is 2. The third kappa shape index (κ3) is 3.82. The van der Waals surface area contributed by atoms with E-state index >= 15 is 0 Å². The fourth-order valence-corrected chi connectivity index (χ4v) is 3.15. The number of nitrogens with zero attached hydrogens (tertiary/aromatic N) is 3. The molecule has 1 aliphatic heterocycles. The number of carbonyl (C=O) groups is 1. The number of aromatic amines is 1. The van der Waals surface area contributed by atoms with Gasteiger partial charge in [0.15, 0.2) is 0 Å². The van der Waals surface area contributed by atoms with Crippen molar-refractivity contribution in [1.29, 1.82) is 0 Å². The fraction of sp³-hybridized carbons (Fsp3) is 0.444. The Balaban J connectivity index is 1.56. The summed E-state index contributed by atoms with van der Waals surface area (Å²) in [7, 11) is 0. The molecule has 1 fully saturated rings. The van der Waals surface area contributed by atoms with E-state index in [1.807, 2.05) is 20.8 Å². The fourth-order valence-electron chi connectivity index (χ4n) is 3.15. The minimum absolute atomic E-state index is 0.0252. The molecule has 0 saturated carbocycles. The number of rotatable bonds is 4. The summed E-state index contributed by atoms with van der Waals surface area (Å²) in [6.07, 6.45) is 0. The van der Waals surface area contributed by atoms with Crippen molar-refractivity contribution < 1.29 is 9.18 Å². The zero-order valence-electron chi connectivity index (χ0n) is 14.8. The van der Waals surface area contributed by atoms with Gasteiger partial charge in [0.2, 0.25) is 5.91 Å². The van der Waals surface area contributed by atoms with Crippen molar-refractivity contribution in [3.63, 3.8) is 0 Å². The Morgan fingerprint density at radius 3 is 2.40 bits per heavy atom. The minimum atomic E-state index is -0.225. The van der Waals surface area contributed by atoms with Crippen LogP contribution in [0.1, 0.15) is 18.3 Å². The molecule has 1 amide bonds. The first-order valence-corrected chi connectivity index (χ1v) is 8.52. The van der Waals surface area contributed by atoms with Crippen LogP contribution in [0, 0.1) is 19.7 Å². The van der Waals surface area contributed by atoms with Gasteiger partial charge in [0.25, 0.3) is 0 Å². The molecule has 2 aromatic rings. The van der Waals surface area contributed by atoms with Gasteiger partial charge in [-0.05, 0) is 45.0 Å². The molecule has 25 heavy (non-hydrogen) atoms. The van der Waals surface area contributed by atoms with Gasteiger partial charge in [-0.15, -0.1) is 0 Å². The third-order valence-corrected chi connectivity index (χ3v) is 4.81. The predicted octanol–water partition coefficient (Wildman–Crippen LogP) is 2.31. The standard InChI is InChI=1S/C18H24FN5O/c1-12-17(13(2)22-21-12)20-18(25)14(3)23-8-10-24(11-9-23)16-6-4-15(19)5-7-16/h4-7,14H,8-11H2,1-3H3,(H,20,25)(H,21,22)/t14-/m0/s1. The van der Waals surface area contributed by atoms with E-state index in [1.54, 1.807) is 12.1 Å². The largest absolute Gasteiger partial charge is 0.369 e. The summed E-state index contributed by atoms with van der Waals surface area (Å²) in [4.78, 5) is 16.9. The highest BCUT2D eigenvalue weighted by molar-refractivity contribution is 5.95. The van der Waals surface area contributed by atoms with Crippen molar-refractivity contribution in [2.24, 2.45) is 0 Å². The predicted molar refractivity (Wildman–Crippen MR) is 96.3 cm³/mol. The summed E-state index contributed by atoms with van der Waals surface area (Å²) in [6.45, 7) is 8.88. The molecule has 1 aromatic carbocycles. The first-order valence-electron chi connectivity index (χ1n) is 8.52. The van der Waals surface area contributed by atoms with Crippen molar-refractivity contribution in [2.75, 3.05) is 36.4 Å². The molecule has 0 unspecified atom stereocenters. The highest BCUT2D eigenvalue weighted by Gasteiger charge is 2.26. The molecule has 0 bridgehead atoms. The van der Waals surface area contributed by atoms with E-state index in [4.69, 9.17) is 0 Å². The Bertz CT molecular complexity index is 715. The Hall–Kier alpha value is -2.41. The van der Waals surface area contributed by atoms with E-state index in [2.05, 4.69) is 25.3 Å². The van der Waals surface area contributed by atoms with Gasteiger partial charge in [-0.2, -0.15) is 5.10 Å². The van der Waals surface area contributed by atoms with Crippen LogP contribution < -0.4 is 10.2 Å². The lowest BCUT2D eigenvalue weighted by atomic mass is 10.2. The van der Waals surface area contributed by atoms with Crippen LogP contribution in [0.5, 0.6) is 0 Å². The summed E-state index contributed by atoms with van der Waals surface area (Å²) in [5.41, 5.74) is 3.43. The Labute approximate surface area is 147 Å². The maximum atomic E-state index is 13.0. The molecule has 1 saturated heterocycles. The summed E-state index contributed by atoms with van der Waals surface area (Å²) in [5.74, 6) is -0.250. The van der Waals surface area contributed by atoms with Crippen LogP contribution in [-0.4, -0.2) is 53.2 Å². The van der Waals surface area contributed by atoms with Crippen LogP contribution in [0.3, 0.4) is 0 Å². The number of carbonyl (C=O) groups excluding carboxylic acids is 1. The van der Waals surface area contributed by atoms with Gasteiger partial charge < -0.3 is 10.2 Å². The Kier molecular flexibility index (Phi) is 5.03. The number of piperazine rings is 1. The van der Waals surface area contributed by atoms with Crippen LogP contribution >= 0.6 is 0 Å². The van der Waals surface area contributed by atoms with Crippen LogP contribution in [0.15, 0.2) is 24.3 Å². The molecule has 0 spiro atoms. The van der Waals surface area contributed by atoms with E-state index in [0.29, 0.717) is 0 Å². The molecule has 134 valence electrons. The molecule has 0 radical (unpaired) electrons. The average molecular weight is 345 g/mol. The summed E-state index contributed by atoms with van der Waals surface area (Å²) in [5, 5.41) is 9.96.